The zero-order valence-electron chi connectivity index (χ0n) is 16.9. The van der Waals surface area contributed by atoms with E-state index in [2.05, 4.69) is 45.8 Å². The molecule has 2 aromatic carbocycles. The average molecular weight is 394 g/mol. The van der Waals surface area contributed by atoms with E-state index >= 15 is 0 Å². The van der Waals surface area contributed by atoms with Crippen LogP contribution in [0.2, 0.25) is 0 Å². The molecule has 2 N–H and O–H groups in total. The molecule has 3 rings (SSSR count). The molecule has 0 saturated carbocycles. The van der Waals surface area contributed by atoms with Gasteiger partial charge in [0.15, 0.2) is 5.96 Å². The lowest BCUT2D eigenvalue weighted by atomic mass is 10.1. The highest BCUT2D eigenvalue weighted by atomic mass is 19.1. The van der Waals surface area contributed by atoms with E-state index in [0.717, 1.165) is 24.4 Å². The smallest absolute Gasteiger partial charge is 0.191 e. The first kappa shape index (κ1) is 20.6. The van der Waals surface area contributed by atoms with Crippen LogP contribution in [0.5, 0.6) is 0 Å². The Morgan fingerprint density at radius 1 is 0.966 bits per heavy atom. The van der Waals surface area contributed by atoms with Gasteiger partial charge in [-0.05, 0) is 48.0 Å². The highest BCUT2D eigenvalue weighted by Crippen LogP contribution is 2.13. The number of hydrogen-bond donors (Lipinski definition) is 2. The molecular formula is C23H27FN4O. The molecule has 1 aromatic heterocycles. The lowest BCUT2D eigenvalue weighted by molar-refractivity contribution is 0.287. The summed E-state index contributed by atoms with van der Waals surface area (Å²) in [5, 5.41) is 6.56. The number of rotatable bonds is 8. The molecule has 0 atom stereocenters. The summed E-state index contributed by atoms with van der Waals surface area (Å²) in [6.07, 6.45) is 1.70. The molecule has 0 spiro atoms. The van der Waals surface area contributed by atoms with Crippen molar-refractivity contribution in [1.82, 2.24) is 15.5 Å². The number of guanidine groups is 1. The van der Waals surface area contributed by atoms with Crippen molar-refractivity contribution in [3.63, 3.8) is 0 Å². The van der Waals surface area contributed by atoms with E-state index in [1.54, 1.807) is 19.4 Å². The first-order valence-electron chi connectivity index (χ1n) is 9.60. The van der Waals surface area contributed by atoms with Crippen LogP contribution in [0, 0.1) is 5.82 Å². The van der Waals surface area contributed by atoms with Crippen LogP contribution in [-0.2, 0) is 26.2 Å². The second-order valence-electron chi connectivity index (χ2n) is 6.93. The van der Waals surface area contributed by atoms with Crippen molar-refractivity contribution in [2.24, 2.45) is 4.99 Å². The maximum Gasteiger partial charge on any atom is 0.191 e. The quantitative estimate of drug-likeness (QED) is 0.449. The fraction of sp³-hybridized carbons (Fsp3) is 0.261. The largest absolute Gasteiger partial charge is 0.468 e. The third-order valence-electron chi connectivity index (χ3n) is 4.58. The molecule has 0 fully saturated rings. The molecular weight excluding hydrogens is 367 g/mol. The molecule has 0 bridgehead atoms. The molecule has 0 aliphatic heterocycles. The van der Waals surface area contributed by atoms with Crippen LogP contribution < -0.4 is 10.6 Å². The minimum absolute atomic E-state index is 0.236. The Kier molecular flexibility index (Phi) is 7.41. The van der Waals surface area contributed by atoms with Crippen molar-refractivity contribution < 1.29 is 8.81 Å². The van der Waals surface area contributed by atoms with Gasteiger partial charge in [-0.3, -0.25) is 9.89 Å². The number of halogens is 1. The summed E-state index contributed by atoms with van der Waals surface area (Å²) >= 11 is 0. The monoisotopic (exact) mass is 394 g/mol. The second-order valence-corrected chi connectivity index (χ2v) is 6.93. The molecule has 29 heavy (non-hydrogen) atoms. The van der Waals surface area contributed by atoms with Gasteiger partial charge in [0, 0.05) is 26.7 Å². The van der Waals surface area contributed by atoms with Gasteiger partial charge < -0.3 is 15.1 Å². The van der Waals surface area contributed by atoms with Crippen molar-refractivity contribution in [2.45, 2.75) is 26.2 Å². The number of nitrogens with one attached hydrogen (secondary N) is 2. The fourth-order valence-electron chi connectivity index (χ4n) is 3.13. The number of benzene rings is 2. The SMILES string of the molecule is CN=C(NCc1cccc(F)c1)NCc1ccccc1CN(C)Cc1ccco1. The Balaban J connectivity index is 1.55. The third kappa shape index (κ3) is 6.47. The molecule has 152 valence electrons. The summed E-state index contributed by atoms with van der Waals surface area (Å²) in [4.78, 5) is 6.48. The highest BCUT2D eigenvalue weighted by Gasteiger charge is 2.08. The van der Waals surface area contributed by atoms with Crippen LogP contribution in [-0.4, -0.2) is 25.0 Å². The van der Waals surface area contributed by atoms with Gasteiger partial charge in [0.2, 0.25) is 0 Å². The van der Waals surface area contributed by atoms with Crippen molar-refractivity contribution in [3.8, 4) is 0 Å². The number of nitrogens with zero attached hydrogens (tertiary/aromatic N) is 2. The molecule has 3 aromatic rings. The highest BCUT2D eigenvalue weighted by molar-refractivity contribution is 5.79. The van der Waals surface area contributed by atoms with Crippen molar-refractivity contribution in [3.05, 3.63) is 95.2 Å². The molecule has 0 aliphatic carbocycles. The Morgan fingerprint density at radius 3 is 2.48 bits per heavy atom. The van der Waals surface area contributed by atoms with Gasteiger partial charge in [-0.15, -0.1) is 0 Å². The summed E-state index contributed by atoms with van der Waals surface area (Å²) in [5.41, 5.74) is 3.31. The normalized spacial score (nSPS) is 11.7. The molecule has 5 nitrogen and oxygen atoms in total. The van der Waals surface area contributed by atoms with Crippen molar-refractivity contribution in [2.75, 3.05) is 14.1 Å². The van der Waals surface area contributed by atoms with Gasteiger partial charge in [0.05, 0.1) is 12.8 Å². The number of hydrogen-bond acceptors (Lipinski definition) is 3. The predicted molar refractivity (Wildman–Crippen MR) is 114 cm³/mol. The molecule has 6 heteroatoms. The average Bonchev–Trinajstić information content (AvgIpc) is 3.22. The summed E-state index contributed by atoms with van der Waals surface area (Å²) < 4.78 is 18.8. The molecule has 0 aliphatic rings. The van der Waals surface area contributed by atoms with E-state index in [9.17, 15) is 4.39 Å². The number of furan rings is 1. The van der Waals surface area contributed by atoms with Crippen molar-refractivity contribution >= 4 is 5.96 Å². The molecule has 0 radical (unpaired) electrons. The standard InChI is InChI=1S/C23H27FN4O/c1-25-23(26-14-18-7-5-10-21(24)13-18)27-15-19-8-3-4-9-20(19)16-28(2)17-22-11-6-12-29-22/h3-13H,14-17H2,1-2H3,(H2,25,26,27). The molecule has 1 heterocycles. The molecule has 0 unspecified atom stereocenters. The van der Waals surface area contributed by atoms with E-state index in [0.29, 0.717) is 19.0 Å². The van der Waals surface area contributed by atoms with Crippen LogP contribution in [0.15, 0.2) is 76.3 Å². The van der Waals surface area contributed by atoms with Crippen LogP contribution in [0.3, 0.4) is 0 Å². The number of aliphatic imine (C=N–C) groups is 1. The lowest BCUT2D eigenvalue weighted by Gasteiger charge is -2.19. The minimum Gasteiger partial charge on any atom is -0.468 e. The first-order valence-corrected chi connectivity index (χ1v) is 9.60. The topological polar surface area (TPSA) is 52.8 Å². The van der Waals surface area contributed by atoms with Gasteiger partial charge in [0.25, 0.3) is 0 Å². The minimum atomic E-state index is -0.236. The maximum absolute atomic E-state index is 13.3. The van der Waals surface area contributed by atoms with Crippen molar-refractivity contribution in [1.29, 1.82) is 0 Å². The van der Waals surface area contributed by atoms with Crippen LogP contribution in [0.25, 0.3) is 0 Å². The van der Waals surface area contributed by atoms with Gasteiger partial charge in [0.1, 0.15) is 11.6 Å². The van der Waals surface area contributed by atoms with E-state index in [1.807, 2.05) is 24.3 Å². The summed E-state index contributed by atoms with van der Waals surface area (Å²) in [6, 6.07) is 18.8. The first-order chi connectivity index (χ1) is 14.1. The fourth-order valence-corrected chi connectivity index (χ4v) is 3.13. The summed E-state index contributed by atoms with van der Waals surface area (Å²) in [5.74, 6) is 1.39. The summed E-state index contributed by atoms with van der Waals surface area (Å²) in [7, 11) is 3.80. The Morgan fingerprint density at radius 2 is 1.76 bits per heavy atom. The third-order valence-corrected chi connectivity index (χ3v) is 4.58. The van der Waals surface area contributed by atoms with Crippen LogP contribution >= 0.6 is 0 Å². The van der Waals surface area contributed by atoms with Gasteiger partial charge in [-0.2, -0.15) is 0 Å². The van der Waals surface area contributed by atoms with E-state index in [1.165, 1.54) is 23.3 Å². The molecule has 0 saturated heterocycles. The Hall–Kier alpha value is -3.12. The second kappa shape index (κ2) is 10.4. The van der Waals surface area contributed by atoms with E-state index in [4.69, 9.17) is 4.42 Å². The van der Waals surface area contributed by atoms with Gasteiger partial charge >= 0.3 is 0 Å². The van der Waals surface area contributed by atoms with E-state index in [-0.39, 0.29) is 5.82 Å². The lowest BCUT2D eigenvalue weighted by Crippen LogP contribution is -2.36. The van der Waals surface area contributed by atoms with Gasteiger partial charge in [-0.25, -0.2) is 4.39 Å². The van der Waals surface area contributed by atoms with Gasteiger partial charge in [-0.1, -0.05) is 36.4 Å². The summed E-state index contributed by atoms with van der Waals surface area (Å²) in [6.45, 7) is 2.72. The van der Waals surface area contributed by atoms with E-state index < -0.39 is 0 Å². The predicted octanol–water partition coefficient (Wildman–Crippen LogP) is 3.92. The van der Waals surface area contributed by atoms with Crippen LogP contribution in [0.4, 0.5) is 4.39 Å². The maximum atomic E-state index is 13.3. The zero-order valence-corrected chi connectivity index (χ0v) is 16.9. The Bertz CT molecular complexity index is 924. The zero-order chi connectivity index (χ0) is 20.5. The van der Waals surface area contributed by atoms with Crippen LogP contribution in [0.1, 0.15) is 22.5 Å². The molecule has 0 amide bonds. The Labute approximate surface area is 171 Å².